The second-order valence-corrected chi connectivity index (χ2v) is 4.33. The summed E-state index contributed by atoms with van der Waals surface area (Å²) in [5.41, 5.74) is 2.71. The summed E-state index contributed by atoms with van der Waals surface area (Å²) in [6.07, 6.45) is 1.40. The molecular weight excluding hydrogens is 224 g/mol. The number of carbonyl (C=O) groups excluding carboxylic acids is 1. The lowest BCUT2D eigenvalue weighted by Crippen LogP contribution is -2.21. The van der Waals surface area contributed by atoms with Crippen molar-refractivity contribution in [3.8, 4) is 0 Å². The third-order valence-electron chi connectivity index (χ3n) is 2.32. The van der Waals surface area contributed by atoms with Crippen molar-refractivity contribution in [3.05, 3.63) is 35.4 Å². The van der Waals surface area contributed by atoms with E-state index < -0.39 is 5.91 Å². The standard InChI is InChI=1S/C11H12N2O2S/c1-2-13-8-5-3-4-6-9(8)16-11(13)7-10(14)12-15/h3-7,15H,2H2,1H3,(H,12,14)/b11-7-. The smallest absolute Gasteiger partial charge is 0.269 e. The third-order valence-corrected chi connectivity index (χ3v) is 3.43. The van der Waals surface area contributed by atoms with Crippen LogP contribution in [-0.4, -0.2) is 17.7 Å². The summed E-state index contributed by atoms with van der Waals surface area (Å²) >= 11 is 1.53. The number of rotatable bonds is 2. The second kappa shape index (κ2) is 4.59. The van der Waals surface area contributed by atoms with Crippen molar-refractivity contribution < 1.29 is 10.0 Å². The molecule has 16 heavy (non-hydrogen) atoms. The molecule has 1 aliphatic rings. The number of hydrogen-bond acceptors (Lipinski definition) is 4. The summed E-state index contributed by atoms with van der Waals surface area (Å²) in [7, 11) is 0. The van der Waals surface area contributed by atoms with Gasteiger partial charge in [-0.05, 0) is 19.1 Å². The minimum atomic E-state index is -0.506. The van der Waals surface area contributed by atoms with E-state index in [1.807, 2.05) is 36.1 Å². The molecule has 84 valence electrons. The van der Waals surface area contributed by atoms with E-state index in [4.69, 9.17) is 5.21 Å². The van der Waals surface area contributed by atoms with E-state index >= 15 is 0 Å². The number of para-hydroxylation sites is 1. The molecule has 5 heteroatoms. The number of thioether (sulfide) groups is 1. The number of benzene rings is 1. The Morgan fingerprint density at radius 3 is 3.00 bits per heavy atom. The minimum absolute atomic E-state index is 0.506. The molecule has 0 unspecified atom stereocenters. The van der Waals surface area contributed by atoms with Gasteiger partial charge in [-0.1, -0.05) is 23.9 Å². The average molecular weight is 236 g/mol. The molecule has 0 bridgehead atoms. The zero-order chi connectivity index (χ0) is 11.5. The van der Waals surface area contributed by atoms with Gasteiger partial charge >= 0.3 is 0 Å². The van der Waals surface area contributed by atoms with E-state index in [0.717, 1.165) is 22.2 Å². The first-order chi connectivity index (χ1) is 7.76. The summed E-state index contributed by atoms with van der Waals surface area (Å²) in [6, 6.07) is 7.97. The fourth-order valence-corrected chi connectivity index (χ4v) is 2.79. The van der Waals surface area contributed by atoms with E-state index in [1.165, 1.54) is 17.8 Å². The topological polar surface area (TPSA) is 52.6 Å². The molecule has 1 aliphatic heterocycles. The average Bonchev–Trinajstić information content (AvgIpc) is 2.65. The van der Waals surface area contributed by atoms with Crippen LogP contribution in [0, 0.1) is 0 Å². The van der Waals surface area contributed by atoms with Gasteiger partial charge in [0.1, 0.15) is 0 Å². The van der Waals surface area contributed by atoms with Crippen LogP contribution in [0.2, 0.25) is 0 Å². The molecule has 0 aromatic heterocycles. The number of nitrogens with one attached hydrogen (secondary N) is 1. The highest BCUT2D eigenvalue weighted by molar-refractivity contribution is 8.03. The zero-order valence-electron chi connectivity index (χ0n) is 8.80. The van der Waals surface area contributed by atoms with Crippen LogP contribution >= 0.6 is 11.8 Å². The lowest BCUT2D eigenvalue weighted by Gasteiger charge is -2.17. The van der Waals surface area contributed by atoms with Crippen molar-refractivity contribution in [2.45, 2.75) is 11.8 Å². The van der Waals surface area contributed by atoms with Gasteiger partial charge < -0.3 is 4.90 Å². The molecule has 2 N–H and O–H groups in total. The molecule has 1 aromatic carbocycles. The normalized spacial score (nSPS) is 16.4. The highest BCUT2D eigenvalue weighted by Gasteiger charge is 2.23. The number of amides is 1. The maximum Gasteiger partial charge on any atom is 0.269 e. The van der Waals surface area contributed by atoms with Crippen molar-refractivity contribution in [2.75, 3.05) is 11.4 Å². The molecule has 0 spiro atoms. The molecule has 2 rings (SSSR count). The first-order valence-corrected chi connectivity index (χ1v) is 5.78. The van der Waals surface area contributed by atoms with Crippen LogP contribution in [-0.2, 0) is 4.79 Å². The molecule has 0 aliphatic carbocycles. The first-order valence-electron chi connectivity index (χ1n) is 4.96. The Balaban J connectivity index is 2.34. The van der Waals surface area contributed by atoms with Gasteiger partial charge in [0, 0.05) is 17.5 Å². The number of hydrogen-bond donors (Lipinski definition) is 2. The molecule has 0 atom stereocenters. The highest BCUT2D eigenvalue weighted by Crippen LogP contribution is 2.45. The fraction of sp³-hybridized carbons (Fsp3) is 0.182. The van der Waals surface area contributed by atoms with Gasteiger partial charge in [-0.15, -0.1) is 0 Å². The van der Waals surface area contributed by atoms with Crippen LogP contribution in [0.1, 0.15) is 6.92 Å². The molecule has 0 fully saturated rings. The largest absolute Gasteiger partial charge is 0.335 e. The maximum absolute atomic E-state index is 11.1. The Hall–Kier alpha value is -1.46. The van der Waals surface area contributed by atoms with Crippen LogP contribution in [0.5, 0.6) is 0 Å². The first kappa shape index (κ1) is 11.0. The zero-order valence-corrected chi connectivity index (χ0v) is 9.62. The Labute approximate surface area is 97.9 Å². The third kappa shape index (κ3) is 1.91. The number of fused-ring (bicyclic) bond motifs is 1. The van der Waals surface area contributed by atoms with Gasteiger partial charge in [0.25, 0.3) is 5.91 Å². The summed E-state index contributed by atoms with van der Waals surface area (Å²) < 4.78 is 0. The van der Waals surface area contributed by atoms with Crippen LogP contribution in [0.15, 0.2) is 40.3 Å². The molecule has 1 aromatic rings. The van der Waals surface area contributed by atoms with Crippen molar-refractivity contribution in [3.63, 3.8) is 0 Å². The van der Waals surface area contributed by atoms with Crippen LogP contribution in [0.3, 0.4) is 0 Å². The van der Waals surface area contributed by atoms with Crippen LogP contribution in [0.4, 0.5) is 5.69 Å². The fourth-order valence-electron chi connectivity index (χ4n) is 1.63. The van der Waals surface area contributed by atoms with Crippen LogP contribution < -0.4 is 10.4 Å². The summed E-state index contributed by atoms with van der Waals surface area (Å²) in [5, 5.41) is 9.33. The predicted octanol–water partition coefficient (Wildman–Crippen LogP) is 1.97. The lowest BCUT2D eigenvalue weighted by atomic mass is 10.3. The van der Waals surface area contributed by atoms with Crippen molar-refractivity contribution >= 4 is 23.4 Å². The number of carbonyl (C=O) groups is 1. The summed E-state index contributed by atoms with van der Waals surface area (Å²) in [5.74, 6) is -0.506. The second-order valence-electron chi connectivity index (χ2n) is 3.27. The van der Waals surface area contributed by atoms with E-state index in [0.29, 0.717) is 0 Å². The molecule has 0 saturated carbocycles. The molecule has 4 nitrogen and oxygen atoms in total. The Kier molecular flexibility index (Phi) is 3.17. The Bertz CT molecular complexity index is 445. The van der Waals surface area contributed by atoms with E-state index in [-0.39, 0.29) is 0 Å². The summed E-state index contributed by atoms with van der Waals surface area (Å²) in [4.78, 5) is 14.3. The summed E-state index contributed by atoms with van der Waals surface area (Å²) in [6.45, 7) is 2.81. The van der Waals surface area contributed by atoms with Gasteiger partial charge in [0.2, 0.25) is 0 Å². The number of nitrogens with zero attached hydrogens (tertiary/aromatic N) is 1. The Morgan fingerprint density at radius 1 is 1.56 bits per heavy atom. The van der Waals surface area contributed by atoms with Gasteiger partial charge in [-0.25, -0.2) is 5.48 Å². The van der Waals surface area contributed by atoms with E-state index in [1.54, 1.807) is 5.48 Å². The maximum atomic E-state index is 11.1. The predicted molar refractivity (Wildman–Crippen MR) is 63.3 cm³/mol. The number of anilines is 1. The minimum Gasteiger partial charge on any atom is -0.335 e. The SMILES string of the molecule is CCN1/C(=C/C(=O)NO)Sc2ccccc21. The highest BCUT2D eigenvalue weighted by atomic mass is 32.2. The van der Waals surface area contributed by atoms with Gasteiger partial charge in [0.15, 0.2) is 0 Å². The molecular formula is C11H12N2O2S. The van der Waals surface area contributed by atoms with E-state index in [2.05, 4.69) is 0 Å². The van der Waals surface area contributed by atoms with Crippen molar-refractivity contribution in [2.24, 2.45) is 0 Å². The molecule has 0 saturated heterocycles. The number of hydroxylamine groups is 1. The van der Waals surface area contributed by atoms with Gasteiger partial charge in [-0.2, -0.15) is 0 Å². The van der Waals surface area contributed by atoms with Gasteiger partial charge in [-0.3, -0.25) is 10.0 Å². The monoisotopic (exact) mass is 236 g/mol. The van der Waals surface area contributed by atoms with Crippen molar-refractivity contribution in [1.29, 1.82) is 0 Å². The Morgan fingerprint density at radius 2 is 2.31 bits per heavy atom. The van der Waals surface area contributed by atoms with Gasteiger partial charge in [0.05, 0.1) is 10.7 Å². The lowest BCUT2D eigenvalue weighted by molar-refractivity contribution is -0.124. The van der Waals surface area contributed by atoms with Crippen LogP contribution in [0.25, 0.3) is 0 Å². The molecule has 0 radical (unpaired) electrons. The van der Waals surface area contributed by atoms with E-state index in [9.17, 15) is 4.79 Å². The van der Waals surface area contributed by atoms with Crippen molar-refractivity contribution in [1.82, 2.24) is 5.48 Å². The molecule has 1 heterocycles. The quantitative estimate of drug-likeness (QED) is 0.468. The molecule has 1 amide bonds.